The zero-order chi connectivity index (χ0) is 15.0. The number of aliphatic carboxylic acids is 1. The summed E-state index contributed by atoms with van der Waals surface area (Å²) in [6.45, 7) is 0. The van der Waals surface area contributed by atoms with Gasteiger partial charge in [-0.1, -0.05) is 18.1 Å². The van der Waals surface area contributed by atoms with Crippen LogP contribution >= 0.6 is 0 Å². The molecule has 1 saturated carbocycles. The van der Waals surface area contributed by atoms with Crippen LogP contribution < -0.4 is 5.32 Å². The van der Waals surface area contributed by atoms with E-state index in [0.29, 0.717) is 23.4 Å². The molecule has 0 radical (unpaired) electrons. The number of rotatable bonds is 5. The molecule has 3 rings (SSSR count). The van der Waals surface area contributed by atoms with E-state index in [-0.39, 0.29) is 0 Å². The normalized spacial score (nSPS) is 15.9. The number of amides is 1. The second-order valence-electron chi connectivity index (χ2n) is 5.46. The maximum absolute atomic E-state index is 12.2. The third kappa shape index (κ3) is 2.86. The third-order valence-electron chi connectivity index (χ3n) is 3.74. The minimum Gasteiger partial charge on any atom is -0.480 e. The van der Waals surface area contributed by atoms with Gasteiger partial charge in [-0.25, -0.2) is 9.48 Å². The fourth-order valence-electron chi connectivity index (χ4n) is 2.33. The highest BCUT2D eigenvalue weighted by atomic mass is 16.4. The maximum atomic E-state index is 12.2. The van der Waals surface area contributed by atoms with Gasteiger partial charge in [0.25, 0.3) is 5.91 Å². The summed E-state index contributed by atoms with van der Waals surface area (Å²) in [5.74, 6) is -0.958. The van der Waals surface area contributed by atoms with Gasteiger partial charge in [-0.15, -0.1) is 5.10 Å². The SMILES string of the molecule is Cn1nnc2cc(C(=O)NC(CC3CC3)C(=O)O)ccc21. The molecule has 1 atom stereocenters. The Hall–Kier alpha value is -2.44. The smallest absolute Gasteiger partial charge is 0.326 e. The van der Waals surface area contributed by atoms with Crippen LogP contribution in [0, 0.1) is 5.92 Å². The van der Waals surface area contributed by atoms with Crippen LogP contribution in [0.4, 0.5) is 0 Å². The number of benzene rings is 1. The van der Waals surface area contributed by atoms with Crippen LogP contribution in [-0.2, 0) is 11.8 Å². The first-order valence-corrected chi connectivity index (χ1v) is 6.87. The molecule has 1 heterocycles. The lowest BCUT2D eigenvalue weighted by molar-refractivity contribution is -0.139. The van der Waals surface area contributed by atoms with Crippen molar-refractivity contribution in [3.63, 3.8) is 0 Å². The molecule has 1 unspecified atom stereocenters. The number of aromatic nitrogens is 3. The van der Waals surface area contributed by atoms with Gasteiger partial charge in [-0.2, -0.15) is 0 Å². The molecule has 1 aliphatic rings. The van der Waals surface area contributed by atoms with Gasteiger partial charge in [0.2, 0.25) is 0 Å². The number of fused-ring (bicyclic) bond motifs is 1. The first-order valence-electron chi connectivity index (χ1n) is 6.87. The van der Waals surface area contributed by atoms with E-state index in [2.05, 4.69) is 15.6 Å². The third-order valence-corrected chi connectivity index (χ3v) is 3.74. The summed E-state index contributed by atoms with van der Waals surface area (Å²) in [4.78, 5) is 23.4. The number of carbonyl (C=O) groups is 2. The Morgan fingerprint density at radius 3 is 2.90 bits per heavy atom. The highest BCUT2D eigenvalue weighted by Crippen LogP contribution is 2.33. The van der Waals surface area contributed by atoms with E-state index in [0.717, 1.165) is 18.4 Å². The van der Waals surface area contributed by atoms with Crippen molar-refractivity contribution in [1.29, 1.82) is 0 Å². The minimum atomic E-state index is -0.990. The van der Waals surface area contributed by atoms with Crippen LogP contribution in [0.2, 0.25) is 0 Å². The van der Waals surface area contributed by atoms with E-state index in [9.17, 15) is 14.7 Å². The second kappa shape index (κ2) is 5.16. The molecule has 0 aliphatic heterocycles. The van der Waals surface area contributed by atoms with Gasteiger partial charge in [0, 0.05) is 12.6 Å². The predicted molar refractivity (Wildman–Crippen MR) is 74.7 cm³/mol. The maximum Gasteiger partial charge on any atom is 0.326 e. The summed E-state index contributed by atoms with van der Waals surface area (Å²) in [5.41, 5.74) is 1.82. The Bertz CT molecular complexity index is 705. The van der Waals surface area contributed by atoms with Gasteiger partial charge >= 0.3 is 5.97 Å². The van der Waals surface area contributed by atoms with Crippen molar-refractivity contribution in [3.05, 3.63) is 23.8 Å². The summed E-state index contributed by atoms with van der Waals surface area (Å²) in [7, 11) is 1.77. The molecule has 2 aromatic rings. The van der Waals surface area contributed by atoms with Gasteiger partial charge in [-0.05, 0) is 30.5 Å². The summed E-state index contributed by atoms with van der Waals surface area (Å²) in [6, 6.07) is 4.19. The van der Waals surface area contributed by atoms with Crippen molar-refractivity contribution in [2.75, 3.05) is 0 Å². The number of hydrogen-bond donors (Lipinski definition) is 2. The molecule has 7 nitrogen and oxygen atoms in total. The van der Waals surface area contributed by atoms with Crippen molar-refractivity contribution >= 4 is 22.9 Å². The number of hydrogen-bond acceptors (Lipinski definition) is 4. The van der Waals surface area contributed by atoms with Gasteiger partial charge in [-0.3, -0.25) is 4.79 Å². The van der Waals surface area contributed by atoms with Crippen molar-refractivity contribution in [2.45, 2.75) is 25.3 Å². The minimum absolute atomic E-state index is 0.393. The zero-order valence-electron chi connectivity index (χ0n) is 11.6. The Morgan fingerprint density at radius 2 is 2.24 bits per heavy atom. The second-order valence-corrected chi connectivity index (χ2v) is 5.46. The van der Waals surface area contributed by atoms with E-state index in [1.54, 1.807) is 29.9 Å². The number of nitrogens with one attached hydrogen (secondary N) is 1. The van der Waals surface area contributed by atoms with Gasteiger partial charge in [0.15, 0.2) is 0 Å². The van der Waals surface area contributed by atoms with E-state index in [1.165, 1.54) is 0 Å². The van der Waals surface area contributed by atoms with Gasteiger partial charge < -0.3 is 10.4 Å². The van der Waals surface area contributed by atoms with Gasteiger partial charge in [0.1, 0.15) is 11.6 Å². The molecular weight excluding hydrogens is 272 g/mol. The highest BCUT2D eigenvalue weighted by molar-refractivity contribution is 5.99. The summed E-state index contributed by atoms with van der Waals surface area (Å²) in [5, 5.41) is 19.6. The average molecular weight is 288 g/mol. The lowest BCUT2D eigenvalue weighted by Gasteiger charge is -2.14. The number of carboxylic acids is 1. The molecule has 2 N–H and O–H groups in total. The lowest BCUT2D eigenvalue weighted by Crippen LogP contribution is -2.41. The van der Waals surface area contributed by atoms with Crippen molar-refractivity contribution in [1.82, 2.24) is 20.3 Å². The predicted octanol–water partition coefficient (Wildman–Crippen LogP) is 0.951. The fraction of sp³-hybridized carbons (Fsp3) is 0.429. The molecule has 1 amide bonds. The van der Waals surface area contributed by atoms with Crippen LogP contribution in [0.15, 0.2) is 18.2 Å². The Morgan fingerprint density at radius 1 is 1.48 bits per heavy atom. The molecule has 1 fully saturated rings. The van der Waals surface area contributed by atoms with Crippen molar-refractivity contribution in [3.8, 4) is 0 Å². The average Bonchev–Trinajstić information content (AvgIpc) is 3.20. The van der Waals surface area contributed by atoms with Crippen molar-refractivity contribution < 1.29 is 14.7 Å². The number of aryl methyl sites for hydroxylation is 1. The molecule has 0 saturated heterocycles. The molecular formula is C14H16N4O3. The highest BCUT2D eigenvalue weighted by Gasteiger charge is 2.30. The molecule has 7 heteroatoms. The summed E-state index contributed by atoms with van der Waals surface area (Å²) < 4.78 is 1.62. The first-order chi connectivity index (χ1) is 10.0. The van der Waals surface area contributed by atoms with E-state index in [4.69, 9.17) is 0 Å². The quantitative estimate of drug-likeness (QED) is 0.853. The van der Waals surface area contributed by atoms with Crippen LogP contribution in [-0.4, -0.2) is 38.0 Å². The fourth-order valence-corrected chi connectivity index (χ4v) is 2.33. The van der Waals surface area contributed by atoms with Gasteiger partial charge in [0.05, 0.1) is 5.52 Å². The first kappa shape index (κ1) is 13.5. The number of nitrogens with zero attached hydrogens (tertiary/aromatic N) is 3. The van der Waals surface area contributed by atoms with Crippen LogP contribution in [0.1, 0.15) is 29.6 Å². The van der Waals surface area contributed by atoms with E-state index >= 15 is 0 Å². The van der Waals surface area contributed by atoms with E-state index in [1.807, 2.05) is 0 Å². The summed E-state index contributed by atoms with van der Waals surface area (Å²) in [6.07, 6.45) is 2.59. The van der Waals surface area contributed by atoms with E-state index < -0.39 is 17.9 Å². The Balaban J connectivity index is 1.76. The standard InChI is InChI=1S/C14H16N4O3/c1-18-12-5-4-9(7-10(12)16-17-18)13(19)15-11(14(20)21)6-8-2-3-8/h4-5,7-8,11H,2-3,6H2,1H3,(H,15,19)(H,20,21). The zero-order valence-corrected chi connectivity index (χ0v) is 11.6. The molecule has 0 spiro atoms. The lowest BCUT2D eigenvalue weighted by atomic mass is 10.1. The molecule has 21 heavy (non-hydrogen) atoms. The van der Waals surface area contributed by atoms with Crippen LogP contribution in [0.3, 0.4) is 0 Å². The van der Waals surface area contributed by atoms with Crippen LogP contribution in [0.5, 0.6) is 0 Å². The molecule has 1 aliphatic carbocycles. The molecule has 0 bridgehead atoms. The Labute approximate surface area is 120 Å². The molecule has 1 aromatic heterocycles. The molecule has 110 valence electrons. The van der Waals surface area contributed by atoms with Crippen molar-refractivity contribution in [2.24, 2.45) is 13.0 Å². The number of carbonyl (C=O) groups excluding carboxylic acids is 1. The Kier molecular flexibility index (Phi) is 3.32. The monoisotopic (exact) mass is 288 g/mol. The van der Waals surface area contributed by atoms with Crippen LogP contribution in [0.25, 0.3) is 11.0 Å². The topological polar surface area (TPSA) is 97.1 Å². The largest absolute Gasteiger partial charge is 0.480 e. The molecule has 1 aromatic carbocycles. The number of carboxylic acid groups (broad SMARTS) is 1. The summed E-state index contributed by atoms with van der Waals surface area (Å²) >= 11 is 0.